The molecule has 0 amide bonds. The van der Waals surface area contributed by atoms with Gasteiger partial charge in [-0.2, -0.15) is 0 Å². The summed E-state index contributed by atoms with van der Waals surface area (Å²) in [5, 5.41) is 0. The first kappa shape index (κ1) is 11.5. The fourth-order valence-electron chi connectivity index (χ4n) is 2.31. The number of rotatable bonds is 3. The van der Waals surface area contributed by atoms with Gasteiger partial charge in [-0.25, -0.2) is 9.97 Å². The van der Waals surface area contributed by atoms with Crippen molar-refractivity contribution in [1.82, 2.24) is 14.9 Å². The van der Waals surface area contributed by atoms with Gasteiger partial charge in [0.25, 0.3) is 0 Å². The van der Waals surface area contributed by atoms with Crippen LogP contribution in [0.25, 0.3) is 0 Å². The van der Waals surface area contributed by atoms with Crippen LogP contribution in [0.3, 0.4) is 0 Å². The summed E-state index contributed by atoms with van der Waals surface area (Å²) in [6.45, 7) is 9.78. The number of aromatic nitrogens is 2. The van der Waals surface area contributed by atoms with E-state index in [0.717, 1.165) is 18.1 Å². The molecule has 0 atom stereocenters. The molecular formula is C13H21N3. The Morgan fingerprint density at radius 3 is 2.56 bits per heavy atom. The van der Waals surface area contributed by atoms with Gasteiger partial charge in [-0.15, -0.1) is 0 Å². The quantitative estimate of drug-likeness (QED) is 0.782. The molecule has 1 saturated heterocycles. The Hall–Kier alpha value is -0.960. The maximum absolute atomic E-state index is 4.61. The second kappa shape index (κ2) is 4.91. The second-order valence-corrected chi connectivity index (χ2v) is 4.96. The summed E-state index contributed by atoms with van der Waals surface area (Å²) in [4.78, 5) is 11.5. The normalized spacial score (nSPS) is 17.2. The van der Waals surface area contributed by atoms with Gasteiger partial charge in [0.1, 0.15) is 5.82 Å². The van der Waals surface area contributed by atoms with Crippen molar-refractivity contribution in [1.29, 1.82) is 0 Å². The lowest BCUT2D eigenvalue weighted by atomic mass is 10.0. The van der Waals surface area contributed by atoms with Crippen molar-refractivity contribution < 1.29 is 0 Å². The molecule has 0 aliphatic carbocycles. The third-order valence-corrected chi connectivity index (χ3v) is 3.25. The summed E-state index contributed by atoms with van der Waals surface area (Å²) in [6, 6.07) is 0. The topological polar surface area (TPSA) is 29.0 Å². The molecule has 1 aliphatic rings. The minimum atomic E-state index is 0.515. The van der Waals surface area contributed by atoms with Gasteiger partial charge in [0.2, 0.25) is 0 Å². The number of hydrogen-bond acceptors (Lipinski definition) is 3. The molecule has 0 bridgehead atoms. The van der Waals surface area contributed by atoms with E-state index in [9.17, 15) is 0 Å². The van der Waals surface area contributed by atoms with Crippen molar-refractivity contribution in [2.24, 2.45) is 0 Å². The Morgan fingerprint density at radius 2 is 2.00 bits per heavy atom. The minimum Gasteiger partial charge on any atom is -0.296 e. The molecule has 88 valence electrons. The van der Waals surface area contributed by atoms with Gasteiger partial charge < -0.3 is 0 Å². The van der Waals surface area contributed by atoms with Gasteiger partial charge in [-0.1, -0.05) is 13.8 Å². The highest BCUT2D eigenvalue weighted by molar-refractivity contribution is 5.19. The second-order valence-electron chi connectivity index (χ2n) is 4.96. The van der Waals surface area contributed by atoms with E-state index < -0.39 is 0 Å². The third-order valence-electron chi connectivity index (χ3n) is 3.25. The van der Waals surface area contributed by atoms with Crippen molar-refractivity contribution in [3.63, 3.8) is 0 Å². The molecule has 3 heteroatoms. The van der Waals surface area contributed by atoms with Crippen LogP contribution in [0, 0.1) is 6.92 Å². The van der Waals surface area contributed by atoms with Gasteiger partial charge in [-0.05, 0) is 44.3 Å². The fraction of sp³-hybridized carbons (Fsp3) is 0.692. The van der Waals surface area contributed by atoms with Gasteiger partial charge in [-0.3, -0.25) is 4.90 Å². The third kappa shape index (κ3) is 2.59. The summed E-state index contributed by atoms with van der Waals surface area (Å²) < 4.78 is 0. The average molecular weight is 219 g/mol. The van der Waals surface area contributed by atoms with Gasteiger partial charge in [0.15, 0.2) is 0 Å². The first-order valence-corrected chi connectivity index (χ1v) is 6.21. The summed E-state index contributed by atoms with van der Waals surface area (Å²) >= 11 is 0. The van der Waals surface area contributed by atoms with Crippen LogP contribution in [0.4, 0.5) is 0 Å². The molecule has 0 aromatic carbocycles. The Morgan fingerprint density at radius 1 is 1.31 bits per heavy atom. The van der Waals surface area contributed by atoms with Gasteiger partial charge in [0.05, 0.1) is 6.54 Å². The molecule has 2 heterocycles. The highest BCUT2D eigenvalue weighted by atomic mass is 15.2. The zero-order valence-corrected chi connectivity index (χ0v) is 10.5. The fourth-order valence-corrected chi connectivity index (χ4v) is 2.31. The van der Waals surface area contributed by atoms with E-state index in [1.54, 1.807) is 0 Å². The maximum Gasteiger partial charge on any atom is 0.142 e. The molecule has 2 rings (SSSR count). The Balaban J connectivity index is 2.08. The molecule has 16 heavy (non-hydrogen) atoms. The summed E-state index contributed by atoms with van der Waals surface area (Å²) in [5.74, 6) is 1.49. The number of hydrogen-bond donors (Lipinski definition) is 0. The van der Waals surface area contributed by atoms with Crippen LogP contribution in [-0.4, -0.2) is 28.0 Å². The van der Waals surface area contributed by atoms with Crippen molar-refractivity contribution in [3.05, 3.63) is 23.3 Å². The van der Waals surface area contributed by atoms with Crippen molar-refractivity contribution in [2.75, 3.05) is 13.1 Å². The van der Waals surface area contributed by atoms with Crippen LogP contribution in [0.1, 0.15) is 49.7 Å². The summed E-state index contributed by atoms with van der Waals surface area (Å²) in [7, 11) is 0. The summed E-state index contributed by atoms with van der Waals surface area (Å²) in [6.07, 6.45) is 4.64. The molecule has 0 unspecified atom stereocenters. The smallest absolute Gasteiger partial charge is 0.142 e. The zero-order valence-electron chi connectivity index (χ0n) is 10.5. The van der Waals surface area contributed by atoms with Crippen LogP contribution in [0.15, 0.2) is 6.20 Å². The lowest BCUT2D eigenvalue weighted by Gasteiger charge is -2.15. The summed E-state index contributed by atoms with van der Waals surface area (Å²) in [5.41, 5.74) is 2.41. The van der Waals surface area contributed by atoms with Crippen LogP contribution in [0.2, 0.25) is 0 Å². The molecule has 1 aliphatic heterocycles. The monoisotopic (exact) mass is 219 g/mol. The standard InChI is InChI=1S/C13H21N3/c1-10(2)12-8-14-13(15-11(12)3)9-16-6-4-5-7-16/h8,10H,4-7,9H2,1-3H3. The highest BCUT2D eigenvalue weighted by Crippen LogP contribution is 2.17. The van der Waals surface area contributed by atoms with Crippen LogP contribution < -0.4 is 0 Å². The molecule has 0 saturated carbocycles. The lowest BCUT2D eigenvalue weighted by Crippen LogP contribution is -2.20. The molecule has 0 spiro atoms. The van der Waals surface area contributed by atoms with Crippen LogP contribution in [0.5, 0.6) is 0 Å². The van der Waals surface area contributed by atoms with E-state index in [0.29, 0.717) is 5.92 Å². The van der Waals surface area contributed by atoms with E-state index in [1.807, 2.05) is 6.20 Å². The molecule has 1 fully saturated rings. The predicted octanol–water partition coefficient (Wildman–Crippen LogP) is 2.50. The first-order valence-electron chi connectivity index (χ1n) is 6.21. The average Bonchev–Trinajstić information content (AvgIpc) is 2.70. The molecule has 0 radical (unpaired) electrons. The van der Waals surface area contributed by atoms with Crippen LogP contribution in [-0.2, 0) is 6.54 Å². The molecule has 0 N–H and O–H groups in total. The predicted molar refractivity (Wildman–Crippen MR) is 65.4 cm³/mol. The molecule has 1 aromatic rings. The van der Waals surface area contributed by atoms with Gasteiger partial charge >= 0.3 is 0 Å². The largest absolute Gasteiger partial charge is 0.296 e. The molecular weight excluding hydrogens is 198 g/mol. The van der Waals surface area contributed by atoms with Crippen molar-refractivity contribution in [3.8, 4) is 0 Å². The molecule has 3 nitrogen and oxygen atoms in total. The zero-order chi connectivity index (χ0) is 11.5. The highest BCUT2D eigenvalue weighted by Gasteiger charge is 2.14. The molecule has 1 aromatic heterocycles. The SMILES string of the molecule is Cc1nc(CN2CCCC2)ncc1C(C)C. The van der Waals surface area contributed by atoms with E-state index in [4.69, 9.17) is 0 Å². The van der Waals surface area contributed by atoms with Crippen LogP contribution >= 0.6 is 0 Å². The Kier molecular flexibility index (Phi) is 3.54. The van der Waals surface area contributed by atoms with E-state index in [1.165, 1.54) is 31.5 Å². The van der Waals surface area contributed by atoms with E-state index in [2.05, 4.69) is 35.6 Å². The van der Waals surface area contributed by atoms with E-state index in [-0.39, 0.29) is 0 Å². The van der Waals surface area contributed by atoms with E-state index >= 15 is 0 Å². The minimum absolute atomic E-state index is 0.515. The van der Waals surface area contributed by atoms with Crippen molar-refractivity contribution in [2.45, 2.75) is 46.1 Å². The number of aryl methyl sites for hydroxylation is 1. The number of likely N-dealkylation sites (tertiary alicyclic amines) is 1. The Labute approximate surface area is 97.9 Å². The van der Waals surface area contributed by atoms with Gasteiger partial charge in [0, 0.05) is 11.9 Å². The van der Waals surface area contributed by atoms with Crippen molar-refractivity contribution >= 4 is 0 Å². The Bertz CT molecular complexity index is 354. The first-order chi connectivity index (χ1) is 7.66. The maximum atomic E-state index is 4.61. The lowest BCUT2D eigenvalue weighted by molar-refractivity contribution is 0.322. The number of nitrogens with zero attached hydrogens (tertiary/aromatic N) is 3.